The molecule has 3 aromatic carbocycles. The first-order chi connectivity index (χ1) is 18.1. The van der Waals surface area contributed by atoms with E-state index in [1.165, 1.54) is 0 Å². The molecular weight excluding hydrogens is 468 g/mol. The summed E-state index contributed by atoms with van der Waals surface area (Å²) in [7, 11) is 0. The predicted octanol–water partition coefficient (Wildman–Crippen LogP) is 3.19. The van der Waals surface area contributed by atoms with Crippen molar-refractivity contribution in [1.29, 1.82) is 0 Å². The Morgan fingerprint density at radius 3 is 2.46 bits per heavy atom. The molecule has 1 fully saturated rings. The number of fused-ring (bicyclic) bond motifs is 2. The molecule has 0 atom stereocenters. The molecule has 6 rings (SSSR count). The summed E-state index contributed by atoms with van der Waals surface area (Å²) < 4.78 is 5.35. The van der Waals surface area contributed by atoms with E-state index in [0.717, 1.165) is 34.2 Å². The zero-order chi connectivity index (χ0) is 25.4. The molecule has 1 aromatic heterocycles. The molecular formula is C29H26N4O4. The van der Waals surface area contributed by atoms with Crippen molar-refractivity contribution in [3.8, 4) is 11.3 Å². The second-order valence-corrected chi connectivity index (χ2v) is 9.36. The minimum absolute atomic E-state index is 0.0146. The van der Waals surface area contributed by atoms with Crippen LogP contribution in [0.3, 0.4) is 0 Å². The molecule has 0 aliphatic carbocycles. The normalized spacial score (nSPS) is 15.1. The number of ether oxygens (including phenoxy) is 1. The van der Waals surface area contributed by atoms with E-state index >= 15 is 0 Å². The summed E-state index contributed by atoms with van der Waals surface area (Å²) in [6, 6.07) is 20.7. The smallest absolute Gasteiger partial charge is 0.272 e. The standard InChI is InChI=1S/C29H26N4O4/c34-26(33-12-11-21-18-22(9-10-25(21)33)29(36)32-13-15-37-16-14-32)17-19-5-7-20(8-6-19)27-23-3-1-2-4-24(23)28(35)31-30-27/h1-10,18H,11-17H2,(H,31,35). The Kier molecular flexibility index (Phi) is 6.02. The number of nitrogens with one attached hydrogen (secondary N) is 1. The topological polar surface area (TPSA) is 95.6 Å². The molecule has 1 saturated heterocycles. The third-order valence-corrected chi connectivity index (χ3v) is 7.10. The van der Waals surface area contributed by atoms with Crippen molar-refractivity contribution in [3.63, 3.8) is 0 Å². The molecule has 0 unspecified atom stereocenters. The van der Waals surface area contributed by atoms with E-state index in [1.54, 1.807) is 6.07 Å². The van der Waals surface area contributed by atoms with Crippen LogP contribution in [0.5, 0.6) is 0 Å². The van der Waals surface area contributed by atoms with Crippen LogP contribution in [-0.4, -0.2) is 59.8 Å². The van der Waals surface area contributed by atoms with Crippen LogP contribution in [0.25, 0.3) is 22.0 Å². The lowest BCUT2D eigenvalue weighted by Gasteiger charge is -2.27. The van der Waals surface area contributed by atoms with Gasteiger partial charge in [0.1, 0.15) is 0 Å². The van der Waals surface area contributed by atoms with Crippen LogP contribution in [0.15, 0.2) is 71.5 Å². The molecule has 186 valence electrons. The third-order valence-electron chi connectivity index (χ3n) is 7.10. The van der Waals surface area contributed by atoms with Gasteiger partial charge in [0, 0.05) is 41.8 Å². The zero-order valence-electron chi connectivity index (χ0n) is 20.3. The van der Waals surface area contributed by atoms with E-state index in [4.69, 9.17) is 4.74 Å². The highest BCUT2D eigenvalue weighted by Gasteiger charge is 2.27. The predicted molar refractivity (Wildman–Crippen MR) is 141 cm³/mol. The summed E-state index contributed by atoms with van der Waals surface area (Å²) >= 11 is 0. The van der Waals surface area contributed by atoms with Gasteiger partial charge in [0.2, 0.25) is 5.91 Å². The minimum Gasteiger partial charge on any atom is -0.378 e. The van der Waals surface area contributed by atoms with E-state index in [2.05, 4.69) is 10.2 Å². The fraction of sp³-hybridized carbons (Fsp3) is 0.241. The highest BCUT2D eigenvalue weighted by atomic mass is 16.5. The fourth-order valence-electron chi connectivity index (χ4n) is 5.13. The number of benzene rings is 3. The Morgan fingerprint density at radius 2 is 1.68 bits per heavy atom. The summed E-state index contributed by atoms with van der Waals surface area (Å²) in [6.07, 6.45) is 1.00. The second-order valence-electron chi connectivity index (χ2n) is 9.36. The molecule has 1 N–H and O–H groups in total. The van der Waals surface area contributed by atoms with E-state index in [9.17, 15) is 14.4 Å². The number of nitrogens with zero attached hydrogens (tertiary/aromatic N) is 3. The van der Waals surface area contributed by atoms with Crippen molar-refractivity contribution in [2.24, 2.45) is 0 Å². The van der Waals surface area contributed by atoms with Gasteiger partial charge < -0.3 is 14.5 Å². The Labute approximate surface area is 213 Å². The van der Waals surface area contributed by atoms with Gasteiger partial charge in [-0.2, -0.15) is 5.10 Å². The highest BCUT2D eigenvalue weighted by Crippen LogP contribution is 2.30. The average molecular weight is 495 g/mol. The van der Waals surface area contributed by atoms with Gasteiger partial charge in [-0.05, 0) is 41.8 Å². The number of hydrogen-bond donors (Lipinski definition) is 1. The van der Waals surface area contributed by atoms with E-state index in [-0.39, 0.29) is 23.8 Å². The summed E-state index contributed by atoms with van der Waals surface area (Å²) in [6.45, 7) is 2.95. The highest BCUT2D eigenvalue weighted by molar-refractivity contribution is 5.99. The lowest BCUT2D eigenvalue weighted by Crippen LogP contribution is -2.40. The van der Waals surface area contributed by atoms with Gasteiger partial charge in [0.05, 0.1) is 30.7 Å². The Morgan fingerprint density at radius 1 is 0.919 bits per heavy atom. The van der Waals surface area contributed by atoms with Gasteiger partial charge >= 0.3 is 0 Å². The molecule has 2 aliphatic heterocycles. The maximum Gasteiger partial charge on any atom is 0.272 e. The van der Waals surface area contributed by atoms with Gasteiger partial charge in [-0.25, -0.2) is 5.10 Å². The fourth-order valence-corrected chi connectivity index (χ4v) is 5.13. The number of morpholine rings is 1. The van der Waals surface area contributed by atoms with Gasteiger partial charge in [-0.3, -0.25) is 14.4 Å². The molecule has 0 radical (unpaired) electrons. The summed E-state index contributed by atoms with van der Waals surface area (Å²) in [5.74, 6) is 0.0343. The van der Waals surface area contributed by atoms with Crippen LogP contribution in [0.1, 0.15) is 21.5 Å². The number of hydrogen-bond acceptors (Lipinski definition) is 5. The quantitative estimate of drug-likeness (QED) is 0.470. The van der Waals surface area contributed by atoms with Crippen LogP contribution in [-0.2, 0) is 22.4 Å². The molecule has 8 heteroatoms. The second kappa shape index (κ2) is 9.63. The molecule has 8 nitrogen and oxygen atoms in total. The lowest BCUT2D eigenvalue weighted by molar-refractivity contribution is -0.117. The maximum atomic E-state index is 13.2. The summed E-state index contributed by atoms with van der Waals surface area (Å²) in [5, 5.41) is 8.21. The molecule has 37 heavy (non-hydrogen) atoms. The van der Waals surface area contributed by atoms with Crippen LogP contribution < -0.4 is 10.5 Å². The molecule has 4 aromatic rings. The minimum atomic E-state index is -0.218. The van der Waals surface area contributed by atoms with Gasteiger partial charge in [-0.15, -0.1) is 0 Å². The van der Waals surface area contributed by atoms with Gasteiger partial charge in [0.15, 0.2) is 0 Å². The molecule has 0 bridgehead atoms. The van der Waals surface area contributed by atoms with Crippen molar-refractivity contribution in [2.45, 2.75) is 12.8 Å². The van der Waals surface area contributed by atoms with Crippen LogP contribution in [0.4, 0.5) is 5.69 Å². The van der Waals surface area contributed by atoms with Crippen molar-refractivity contribution in [2.75, 3.05) is 37.7 Å². The first kappa shape index (κ1) is 23.1. The molecule has 0 spiro atoms. The van der Waals surface area contributed by atoms with E-state index in [1.807, 2.05) is 70.5 Å². The SMILES string of the molecule is O=C(c1ccc2c(c1)CCN2C(=O)Cc1ccc(-c2n[nH]c(=O)c3ccccc23)cc1)N1CCOCC1. The number of rotatable bonds is 4. The molecule has 3 heterocycles. The van der Waals surface area contributed by atoms with E-state index in [0.29, 0.717) is 49.5 Å². The number of H-pyrrole nitrogens is 1. The van der Waals surface area contributed by atoms with Gasteiger partial charge in [0.25, 0.3) is 11.5 Å². The largest absolute Gasteiger partial charge is 0.378 e. The van der Waals surface area contributed by atoms with E-state index < -0.39 is 0 Å². The first-order valence-electron chi connectivity index (χ1n) is 12.5. The van der Waals surface area contributed by atoms with Crippen LogP contribution >= 0.6 is 0 Å². The number of aromatic amines is 1. The maximum absolute atomic E-state index is 13.2. The van der Waals surface area contributed by atoms with Crippen molar-refractivity contribution >= 4 is 28.3 Å². The Bertz CT molecular complexity index is 1550. The number of anilines is 1. The molecule has 2 aliphatic rings. The third kappa shape index (κ3) is 4.40. The first-order valence-corrected chi connectivity index (χ1v) is 12.5. The lowest BCUT2D eigenvalue weighted by atomic mass is 10.0. The number of aromatic nitrogens is 2. The summed E-state index contributed by atoms with van der Waals surface area (Å²) in [4.78, 5) is 41.8. The van der Waals surface area contributed by atoms with Gasteiger partial charge in [-0.1, -0.05) is 42.5 Å². The van der Waals surface area contributed by atoms with Crippen molar-refractivity contribution in [1.82, 2.24) is 15.1 Å². The average Bonchev–Trinajstić information content (AvgIpc) is 3.38. The summed E-state index contributed by atoms with van der Waals surface area (Å²) in [5.41, 5.74) is 4.81. The molecule has 0 saturated carbocycles. The number of carbonyl (C=O) groups is 2. The number of carbonyl (C=O) groups excluding carboxylic acids is 2. The Hall–Kier alpha value is -4.30. The zero-order valence-corrected chi connectivity index (χ0v) is 20.3. The Balaban J connectivity index is 1.17. The van der Waals surface area contributed by atoms with Crippen molar-refractivity contribution < 1.29 is 14.3 Å². The van der Waals surface area contributed by atoms with Crippen molar-refractivity contribution in [3.05, 3.63) is 93.8 Å². The monoisotopic (exact) mass is 494 g/mol. The number of amides is 2. The van der Waals surface area contributed by atoms with Crippen LogP contribution in [0.2, 0.25) is 0 Å². The van der Waals surface area contributed by atoms with Crippen LogP contribution in [0, 0.1) is 0 Å². The molecule has 2 amide bonds.